The van der Waals surface area contributed by atoms with Crippen molar-refractivity contribution in [2.24, 2.45) is 5.10 Å². The summed E-state index contributed by atoms with van der Waals surface area (Å²) in [6, 6.07) is 11.5. The quantitative estimate of drug-likeness (QED) is 0.288. The van der Waals surface area contributed by atoms with Gasteiger partial charge in [0.2, 0.25) is 0 Å². The lowest BCUT2D eigenvalue weighted by Gasteiger charge is -2.14. The minimum absolute atomic E-state index is 0.0968. The molecule has 4 heterocycles. The fourth-order valence-electron chi connectivity index (χ4n) is 4.79. The number of hydrogen-bond acceptors (Lipinski definition) is 5. The molecule has 0 bridgehead atoms. The molecular formula is C27H26N7O+. The van der Waals surface area contributed by atoms with Crippen LogP contribution >= 0.6 is 0 Å². The smallest absolute Gasteiger partial charge is 0.265 e. The molecule has 8 heteroatoms. The lowest BCUT2D eigenvalue weighted by molar-refractivity contribution is -0.378. The molecular weight excluding hydrogens is 438 g/mol. The van der Waals surface area contributed by atoms with Crippen molar-refractivity contribution in [1.82, 2.24) is 24.2 Å². The molecule has 35 heavy (non-hydrogen) atoms. The first-order valence-corrected chi connectivity index (χ1v) is 12.1. The van der Waals surface area contributed by atoms with Crippen molar-refractivity contribution in [2.75, 3.05) is 0 Å². The number of aromatic amines is 1. The fraction of sp³-hybridized carbons (Fsp3) is 0.259. The topological polar surface area (TPSA) is 92.1 Å². The third kappa shape index (κ3) is 3.90. The molecule has 0 aliphatic heterocycles. The largest absolute Gasteiger partial charge is 0.296 e. The second-order valence-corrected chi connectivity index (χ2v) is 8.95. The van der Waals surface area contributed by atoms with E-state index in [0.29, 0.717) is 34.6 Å². The van der Waals surface area contributed by atoms with Gasteiger partial charge in [0.25, 0.3) is 5.56 Å². The number of nitrogens with zero attached hydrogens (tertiary/aromatic N) is 6. The van der Waals surface area contributed by atoms with Gasteiger partial charge in [-0.2, -0.15) is 9.78 Å². The van der Waals surface area contributed by atoms with Gasteiger partial charge < -0.3 is 0 Å². The van der Waals surface area contributed by atoms with E-state index in [-0.39, 0.29) is 5.56 Å². The van der Waals surface area contributed by atoms with Crippen LogP contribution in [0.15, 0.2) is 70.3 Å². The average Bonchev–Trinajstić information content (AvgIpc) is 3.19. The van der Waals surface area contributed by atoms with Gasteiger partial charge in [-0.25, -0.2) is 19.9 Å². The molecule has 174 valence electrons. The molecule has 1 aliphatic rings. The zero-order valence-electron chi connectivity index (χ0n) is 19.6. The van der Waals surface area contributed by atoms with Gasteiger partial charge in [0, 0.05) is 12.6 Å². The van der Waals surface area contributed by atoms with Crippen LogP contribution in [0.2, 0.25) is 0 Å². The number of aromatic nitrogens is 6. The molecule has 8 nitrogen and oxygen atoms in total. The minimum Gasteiger partial charge on any atom is -0.296 e. The van der Waals surface area contributed by atoms with Crippen molar-refractivity contribution in [3.05, 3.63) is 82.2 Å². The number of hydrogen-bond donors (Lipinski definition) is 0. The molecule has 1 aliphatic carbocycles. The fourth-order valence-corrected chi connectivity index (χ4v) is 4.79. The molecule has 0 atom stereocenters. The van der Waals surface area contributed by atoms with Crippen LogP contribution in [-0.2, 0) is 6.54 Å². The highest BCUT2D eigenvalue weighted by Crippen LogP contribution is 2.26. The maximum absolute atomic E-state index is 13.8. The van der Waals surface area contributed by atoms with Gasteiger partial charge in [0.15, 0.2) is 23.7 Å². The second-order valence-electron chi connectivity index (χ2n) is 8.95. The molecule has 0 fully saturated rings. The molecule has 5 aromatic rings. The van der Waals surface area contributed by atoms with Gasteiger partial charge in [0.1, 0.15) is 16.7 Å². The highest BCUT2D eigenvalue weighted by atomic mass is 16.1. The van der Waals surface area contributed by atoms with Gasteiger partial charge in [0.05, 0.1) is 22.8 Å². The molecule has 1 aromatic carbocycles. The summed E-state index contributed by atoms with van der Waals surface area (Å²) in [7, 11) is 0. The summed E-state index contributed by atoms with van der Waals surface area (Å²) in [5.74, 6) is 0.663. The SMILES string of the molecule is Cc1nc2c(c(=O)n1CCC1=CCCCC1)c1nc3ccccc3nc1n2N=Cc1ccc[nH+]c1. The van der Waals surface area contributed by atoms with Crippen LogP contribution in [0, 0.1) is 6.92 Å². The number of nitrogens with one attached hydrogen (secondary N) is 1. The van der Waals surface area contributed by atoms with Gasteiger partial charge in [-0.3, -0.25) is 9.36 Å². The number of allylic oxidation sites excluding steroid dienone is 2. The molecule has 1 N–H and O–H groups in total. The Morgan fingerprint density at radius 1 is 1.06 bits per heavy atom. The summed E-state index contributed by atoms with van der Waals surface area (Å²) >= 11 is 0. The van der Waals surface area contributed by atoms with E-state index in [1.807, 2.05) is 55.7 Å². The Labute approximate surface area is 201 Å². The monoisotopic (exact) mass is 464 g/mol. The van der Waals surface area contributed by atoms with Crippen LogP contribution < -0.4 is 10.5 Å². The van der Waals surface area contributed by atoms with E-state index in [2.05, 4.69) is 16.2 Å². The van der Waals surface area contributed by atoms with E-state index in [0.717, 1.165) is 35.9 Å². The van der Waals surface area contributed by atoms with Gasteiger partial charge in [-0.15, -0.1) is 0 Å². The Hall–Kier alpha value is -4.20. The lowest BCUT2D eigenvalue weighted by Crippen LogP contribution is -2.24. The molecule has 0 unspecified atom stereocenters. The summed E-state index contributed by atoms with van der Waals surface area (Å²) in [6.07, 6.45) is 13.3. The average molecular weight is 465 g/mol. The van der Waals surface area contributed by atoms with Gasteiger partial charge in [-0.05, 0) is 57.2 Å². The third-order valence-corrected chi connectivity index (χ3v) is 6.63. The Kier molecular flexibility index (Phi) is 5.41. The number of pyridine rings is 1. The van der Waals surface area contributed by atoms with Crippen molar-refractivity contribution < 1.29 is 4.98 Å². The first-order valence-electron chi connectivity index (χ1n) is 12.1. The Morgan fingerprint density at radius 2 is 1.91 bits per heavy atom. The van der Waals surface area contributed by atoms with Crippen molar-refractivity contribution >= 4 is 39.4 Å². The Morgan fingerprint density at radius 3 is 2.69 bits per heavy atom. The third-order valence-electron chi connectivity index (χ3n) is 6.63. The summed E-state index contributed by atoms with van der Waals surface area (Å²) < 4.78 is 3.41. The molecule has 6 rings (SSSR count). The van der Waals surface area contributed by atoms with Gasteiger partial charge in [-0.1, -0.05) is 23.8 Å². The van der Waals surface area contributed by atoms with E-state index in [1.165, 1.54) is 18.4 Å². The van der Waals surface area contributed by atoms with Crippen LogP contribution in [-0.4, -0.2) is 30.4 Å². The number of para-hydroxylation sites is 2. The van der Waals surface area contributed by atoms with E-state index < -0.39 is 0 Å². The first-order chi connectivity index (χ1) is 17.2. The standard InChI is InChI=1S/C27H25N7O/c1-18-30-25-23(27(35)33(18)15-13-19-8-3-2-4-9-19)24-26(32-22-12-6-5-11-21(22)31-24)34(25)29-17-20-10-7-14-28-16-20/h5-8,10-12,14,16-17H,2-4,9,13,15H2,1H3/p+1. The highest BCUT2D eigenvalue weighted by molar-refractivity contribution is 6.04. The van der Waals surface area contributed by atoms with E-state index in [9.17, 15) is 4.79 Å². The van der Waals surface area contributed by atoms with Crippen LogP contribution in [0.5, 0.6) is 0 Å². The van der Waals surface area contributed by atoms with Crippen LogP contribution in [0.3, 0.4) is 0 Å². The minimum atomic E-state index is -0.0968. The Balaban J connectivity index is 1.56. The summed E-state index contributed by atoms with van der Waals surface area (Å²) in [4.78, 5) is 31.4. The van der Waals surface area contributed by atoms with Crippen molar-refractivity contribution in [3.8, 4) is 0 Å². The predicted molar refractivity (Wildman–Crippen MR) is 136 cm³/mol. The van der Waals surface area contributed by atoms with E-state index in [4.69, 9.17) is 15.0 Å². The number of H-pyrrole nitrogens is 1. The molecule has 0 saturated carbocycles. The zero-order valence-corrected chi connectivity index (χ0v) is 19.6. The maximum Gasteiger partial charge on any atom is 0.265 e. The molecule has 0 saturated heterocycles. The van der Waals surface area contributed by atoms with Crippen LogP contribution in [0.1, 0.15) is 43.5 Å². The van der Waals surface area contributed by atoms with Crippen molar-refractivity contribution in [1.29, 1.82) is 0 Å². The maximum atomic E-state index is 13.8. The molecule has 0 amide bonds. The number of benzene rings is 1. The normalized spacial score (nSPS) is 14.4. The molecule has 4 aromatic heterocycles. The number of aryl methyl sites for hydroxylation is 1. The Bertz CT molecular complexity index is 1680. The predicted octanol–water partition coefficient (Wildman–Crippen LogP) is 4.19. The number of fused-ring (bicyclic) bond motifs is 4. The van der Waals surface area contributed by atoms with E-state index in [1.54, 1.807) is 15.5 Å². The number of rotatable bonds is 5. The van der Waals surface area contributed by atoms with Gasteiger partial charge >= 0.3 is 0 Å². The summed E-state index contributed by atoms with van der Waals surface area (Å²) in [5.41, 5.74) is 5.23. The van der Waals surface area contributed by atoms with Crippen LogP contribution in [0.4, 0.5) is 0 Å². The van der Waals surface area contributed by atoms with E-state index >= 15 is 0 Å². The molecule has 0 spiro atoms. The second kappa shape index (κ2) is 8.87. The lowest BCUT2D eigenvalue weighted by atomic mass is 9.97. The highest BCUT2D eigenvalue weighted by Gasteiger charge is 2.21. The van der Waals surface area contributed by atoms with Crippen molar-refractivity contribution in [2.45, 2.75) is 45.6 Å². The first kappa shape index (κ1) is 21.3. The zero-order chi connectivity index (χ0) is 23.8. The summed E-state index contributed by atoms with van der Waals surface area (Å²) in [6.45, 7) is 2.49. The molecule has 0 radical (unpaired) electrons. The van der Waals surface area contributed by atoms with Crippen molar-refractivity contribution in [3.63, 3.8) is 0 Å². The summed E-state index contributed by atoms with van der Waals surface area (Å²) in [5, 5.41) is 5.14. The van der Waals surface area contributed by atoms with Crippen LogP contribution in [0.25, 0.3) is 33.2 Å².